The normalized spacial score (nSPS) is 10.3. The molecule has 0 aliphatic carbocycles. The van der Waals surface area contributed by atoms with E-state index in [0.29, 0.717) is 12.1 Å². The number of aromatic nitrogens is 1. The van der Waals surface area contributed by atoms with Gasteiger partial charge in [-0.1, -0.05) is 52.3 Å². The number of carbonyl (C=O) groups excluding carboxylic acids is 1. The van der Waals surface area contributed by atoms with E-state index >= 15 is 0 Å². The van der Waals surface area contributed by atoms with Crippen LogP contribution in [0.4, 0.5) is 11.4 Å². The fraction of sp³-hybridized carbons (Fsp3) is 0.100. The van der Waals surface area contributed by atoms with Gasteiger partial charge in [0.05, 0.1) is 17.4 Å². The minimum Gasteiger partial charge on any atom is -0.354 e. The monoisotopic (exact) mass is 395 g/mol. The van der Waals surface area contributed by atoms with Crippen molar-refractivity contribution in [3.05, 3.63) is 88.7 Å². The molecule has 0 bridgehead atoms. The third-order valence-electron chi connectivity index (χ3n) is 3.66. The van der Waals surface area contributed by atoms with Gasteiger partial charge in [0.1, 0.15) is 0 Å². The molecule has 0 aliphatic rings. The lowest BCUT2D eigenvalue weighted by Crippen LogP contribution is -2.25. The van der Waals surface area contributed by atoms with E-state index in [-0.39, 0.29) is 5.91 Å². The molecule has 1 heterocycles. The van der Waals surface area contributed by atoms with Crippen LogP contribution in [0, 0.1) is 0 Å². The number of rotatable bonds is 6. The van der Waals surface area contributed by atoms with Crippen molar-refractivity contribution >= 4 is 33.2 Å². The van der Waals surface area contributed by atoms with Crippen LogP contribution in [-0.2, 0) is 6.42 Å². The molecule has 1 aromatic heterocycles. The van der Waals surface area contributed by atoms with Crippen LogP contribution < -0.4 is 10.6 Å². The lowest BCUT2D eigenvalue weighted by Gasteiger charge is -2.09. The van der Waals surface area contributed by atoms with Gasteiger partial charge in [-0.2, -0.15) is 0 Å². The summed E-state index contributed by atoms with van der Waals surface area (Å²) in [5, 5.41) is 6.18. The van der Waals surface area contributed by atoms with Gasteiger partial charge in [0.15, 0.2) is 0 Å². The summed E-state index contributed by atoms with van der Waals surface area (Å²) in [5.41, 5.74) is 3.44. The summed E-state index contributed by atoms with van der Waals surface area (Å²) in [6.45, 7) is 0.589. The molecular formula is C20H18BrN3O. The van der Waals surface area contributed by atoms with Gasteiger partial charge < -0.3 is 10.6 Å². The van der Waals surface area contributed by atoms with Crippen LogP contribution in [0.5, 0.6) is 0 Å². The SMILES string of the molecule is O=C(NCCc1ccccc1)c1cncc(Nc2cccc(Br)c2)c1. The minimum absolute atomic E-state index is 0.124. The Hall–Kier alpha value is -2.66. The third-order valence-corrected chi connectivity index (χ3v) is 4.15. The Morgan fingerprint density at radius 2 is 1.80 bits per heavy atom. The molecule has 0 radical (unpaired) electrons. The minimum atomic E-state index is -0.124. The first-order chi connectivity index (χ1) is 12.2. The Labute approximate surface area is 155 Å². The van der Waals surface area contributed by atoms with Crippen LogP contribution in [0.1, 0.15) is 15.9 Å². The molecular weight excluding hydrogens is 378 g/mol. The highest BCUT2D eigenvalue weighted by molar-refractivity contribution is 9.10. The van der Waals surface area contributed by atoms with Gasteiger partial charge >= 0.3 is 0 Å². The zero-order valence-corrected chi connectivity index (χ0v) is 15.2. The van der Waals surface area contributed by atoms with E-state index in [1.54, 1.807) is 18.5 Å². The second-order valence-corrected chi connectivity index (χ2v) is 6.50. The van der Waals surface area contributed by atoms with Gasteiger partial charge in [0, 0.05) is 22.9 Å². The second-order valence-electron chi connectivity index (χ2n) is 5.59. The highest BCUT2D eigenvalue weighted by atomic mass is 79.9. The first kappa shape index (κ1) is 17.2. The van der Waals surface area contributed by atoms with Crippen LogP contribution in [-0.4, -0.2) is 17.4 Å². The standard InChI is InChI=1S/C20H18BrN3O/c21-17-7-4-8-18(12-17)24-19-11-16(13-22-14-19)20(25)23-10-9-15-5-2-1-3-6-15/h1-8,11-14,24H,9-10H2,(H,23,25). The fourth-order valence-electron chi connectivity index (χ4n) is 2.43. The van der Waals surface area contributed by atoms with Crippen molar-refractivity contribution in [3.63, 3.8) is 0 Å². The Kier molecular flexibility index (Phi) is 5.80. The summed E-state index contributed by atoms with van der Waals surface area (Å²) in [4.78, 5) is 16.5. The molecule has 2 N–H and O–H groups in total. The van der Waals surface area contributed by atoms with Gasteiger partial charge in [-0.05, 0) is 36.2 Å². The molecule has 25 heavy (non-hydrogen) atoms. The molecule has 0 saturated heterocycles. The largest absolute Gasteiger partial charge is 0.354 e. The molecule has 1 amide bonds. The first-order valence-corrected chi connectivity index (χ1v) is 8.80. The summed E-state index contributed by atoms with van der Waals surface area (Å²) >= 11 is 3.44. The molecule has 0 saturated carbocycles. The molecule has 3 aromatic rings. The van der Waals surface area contributed by atoms with E-state index in [4.69, 9.17) is 0 Å². The molecule has 5 heteroatoms. The summed E-state index contributed by atoms with van der Waals surface area (Å²) < 4.78 is 0.986. The Bertz CT molecular complexity index is 852. The van der Waals surface area contributed by atoms with Gasteiger partial charge in [-0.25, -0.2) is 0 Å². The second kappa shape index (κ2) is 8.44. The molecule has 2 aromatic carbocycles. The van der Waals surface area contributed by atoms with Crippen molar-refractivity contribution in [2.75, 3.05) is 11.9 Å². The number of halogens is 1. The van der Waals surface area contributed by atoms with Crippen molar-refractivity contribution in [2.45, 2.75) is 6.42 Å². The number of nitrogens with zero attached hydrogens (tertiary/aromatic N) is 1. The molecule has 0 fully saturated rings. The number of hydrogen-bond acceptors (Lipinski definition) is 3. The number of carbonyl (C=O) groups is 1. The highest BCUT2D eigenvalue weighted by Crippen LogP contribution is 2.20. The van der Waals surface area contributed by atoms with Crippen LogP contribution in [0.25, 0.3) is 0 Å². The number of benzene rings is 2. The van der Waals surface area contributed by atoms with E-state index in [9.17, 15) is 4.79 Å². The van der Waals surface area contributed by atoms with E-state index in [0.717, 1.165) is 22.3 Å². The topological polar surface area (TPSA) is 54.0 Å². The van der Waals surface area contributed by atoms with E-state index in [1.807, 2.05) is 42.5 Å². The Morgan fingerprint density at radius 1 is 0.960 bits per heavy atom. The molecule has 0 aliphatic heterocycles. The molecule has 0 unspecified atom stereocenters. The van der Waals surface area contributed by atoms with Crippen molar-refractivity contribution < 1.29 is 4.79 Å². The Balaban J connectivity index is 1.59. The van der Waals surface area contributed by atoms with Crippen molar-refractivity contribution in [3.8, 4) is 0 Å². The van der Waals surface area contributed by atoms with Crippen LogP contribution >= 0.6 is 15.9 Å². The molecule has 0 spiro atoms. The summed E-state index contributed by atoms with van der Waals surface area (Å²) in [6, 6.07) is 19.7. The maximum absolute atomic E-state index is 12.3. The van der Waals surface area contributed by atoms with Crippen LogP contribution in [0.3, 0.4) is 0 Å². The number of anilines is 2. The van der Waals surface area contributed by atoms with Crippen LogP contribution in [0.2, 0.25) is 0 Å². The van der Waals surface area contributed by atoms with Crippen molar-refractivity contribution in [1.82, 2.24) is 10.3 Å². The lowest BCUT2D eigenvalue weighted by atomic mass is 10.1. The molecule has 3 rings (SSSR count). The summed E-state index contributed by atoms with van der Waals surface area (Å²) in [6.07, 6.45) is 4.07. The van der Waals surface area contributed by atoms with E-state index in [1.165, 1.54) is 5.56 Å². The highest BCUT2D eigenvalue weighted by Gasteiger charge is 2.07. The quantitative estimate of drug-likeness (QED) is 0.642. The number of pyridine rings is 1. The van der Waals surface area contributed by atoms with Crippen LogP contribution in [0.15, 0.2) is 77.5 Å². The average molecular weight is 396 g/mol. The average Bonchev–Trinajstić information content (AvgIpc) is 2.63. The van der Waals surface area contributed by atoms with Gasteiger partial charge in [-0.15, -0.1) is 0 Å². The fourth-order valence-corrected chi connectivity index (χ4v) is 2.83. The summed E-state index contributed by atoms with van der Waals surface area (Å²) in [7, 11) is 0. The number of nitrogens with one attached hydrogen (secondary N) is 2. The number of amides is 1. The predicted octanol–water partition coefficient (Wildman–Crippen LogP) is 4.56. The van der Waals surface area contributed by atoms with E-state index in [2.05, 4.69) is 43.7 Å². The molecule has 126 valence electrons. The lowest BCUT2D eigenvalue weighted by molar-refractivity contribution is 0.0954. The maximum Gasteiger partial charge on any atom is 0.252 e. The van der Waals surface area contributed by atoms with Gasteiger partial charge in [-0.3, -0.25) is 9.78 Å². The van der Waals surface area contributed by atoms with Crippen molar-refractivity contribution in [1.29, 1.82) is 0 Å². The predicted molar refractivity (Wildman–Crippen MR) is 104 cm³/mol. The van der Waals surface area contributed by atoms with Gasteiger partial charge in [0.25, 0.3) is 5.91 Å². The maximum atomic E-state index is 12.3. The zero-order chi connectivity index (χ0) is 17.5. The first-order valence-electron chi connectivity index (χ1n) is 8.00. The zero-order valence-electron chi connectivity index (χ0n) is 13.6. The summed E-state index contributed by atoms with van der Waals surface area (Å²) in [5.74, 6) is -0.124. The smallest absolute Gasteiger partial charge is 0.252 e. The van der Waals surface area contributed by atoms with E-state index < -0.39 is 0 Å². The van der Waals surface area contributed by atoms with Gasteiger partial charge in [0.2, 0.25) is 0 Å². The number of hydrogen-bond donors (Lipinski definition) is 2. The third kappa shape index (κ3) is 5.16. The molecule has 0 atom stereocenters. The Morgan fingerprint density at radius 3 is 2.60 bits per heavy atom. The van der Waals surface area contributed by atoms with Crippen molar-refractivity contribution in [2.24, 2.45) is 0 Å². The molecule has 4 nitrogen and oxygen atoms in total.